The lowest BCUT2D eigenvalue weighted by Gasteiger charge is -2.06. The highest BCUT2D eigenvalue weighted by Crippen LogP contribution is 2.21. The van der Waals surface area contributed by atoms with Crippen LogP contribution in [0.15, 0.2) is 34.8 Å². The van der Waals surface area contributed by atoms with Gasteiger partial charge in [0.1, 0.15) is 0 Å². The minimum absolute atomic E-state index is 0.868. The molecule has 1 N–H and O–H groups in total. The number of thiophene rings is 1. The molecule has 1 aromatic carbocycles. The van der Waals surface area contributed by atoms with Crippen LogP contribution in [0.2, 0.25) is 4.34 Å². The van der Waals surface area contributed by atoms with Crippen molar-refractivity contribution in [3.05, 3.63) is 55.1 Å². The van der Waals surface area contributed by atoms with Crippen molar-refractivity contribution in [1.29, 1.82) is 0 Å². The molecular weight excluding hydrogens is 330 g/mol. The molecule has 2 aromatic rings. The molecule has 0 saturated carbocycles. The molecule has 1 aromatic heterocycles. The highest BCUT2D eigenvalue weighted by molar-refractivity contribution is 9.10. The topological polar surface area (TPSA) is 12.0 Å². The standard InChI is InChI=1S/C14H15BrClNS/c1-10-2-3-11(8-13(10)15)9-17-7-6-12-4-5-14(16)18-12/h2-5,8,17H,6-7,9H2,1H3. The van der Waals surface area contributed by atoms with Gasteiger partial charge in [0.25, 0.3) is 0 Å². The molecular formula is C14H15BrClNS. The SMILES string of the molecule is Cc1ccc(CNCCc2ccc(Cl)s2)cc1Br. The molecule has 0 unspecified atom stereocenters. The lowest BCUT2D eigenvalue weighted by molar-refractivity contribution is 0.690. The van der Waals surface area contributed by atoms with E-state index in [9.17, 15) is 0 Å². The molecule has 0 saturated heterocycles. The molecule has 0 aliphatic heterocycles. The van der Waals surface area contributed by atoms with Crippen molar-refractivity contribution >= 4 is 38.9 Å². The van der Waals surface area contributed by atoms with Crippen LogP contribution in [0.25, 0.3) is 0 Å². The van der Waals surface area contributed by atoms with Crippen molar-refractivity contribution in [3.63, 3.8) is 0 Å². The number of rotatable bonds is 5. The van der Waals surface area contributed by atoms with Gasteiger partial charge in [0.2, 0.25) is 0 Å². The molecule has 96 valence electrons. The largest absolute Gasteiger partial charge is 0.312 e. The number of hydrogen-bond donors (Lipinski definition) is 1. The van der Waals surface area contributed by atoms with Crippen LogP contribution in [0.4, 0.5) is 0 Å². The molecule has 0 atom stereocenters. The third-order valence-electron chi connectivity index (χ3n) is 2.74. The van der Waals surface area contributed by atoms with Crippen molar-refractivity contribution < 1.29 is 0 Å². The third kappa shape index (κ3) is 4.09. The van der Waals surface area contributed by atoms with Crippen LogP contribution in [-0.4, -0.2) is 6.54 Å². The van der Waals surface area contributed by atoms with Crippen molar-refractivity contribution in [2.24, 2.45) is 0 Å². The Labute approximate surface area is 125 Å². The van der Waals surface area contributed by atoms with Gasteiger partial charge < -0.3 is 5.32 Å². The van der Waals surface area contributed by atoms with E-state index in [0.717, 1.165) is 23.8 Å². The molecule has 0 aliphatic carbocycles. The predicted molar refractivity (Wildman–Crippen MR) is 83.6 cm³/mol. The van der Waals surface area contributed by atoms with Crippen LogP contribution in [-0.2, 0) is 13.0 Å². The van der Waals surface area contributed by atoms with Crippen molar-refractivity contribution in [2.75, 3.05) is 6.54 Å². The van der Waals surface area contributed by atoms with Crippen LogP contribution in [0.1, 0.15) is 16.0 Å². The Kier molecular flexibility index (Phi) is 5.25. The Bertz CT molecular complexity index is 524. The highest BCUT2D eigenvalue weighted by Gasteiger charge is 1.99. The van der Waals surface area contributed by atoms with Gasteiger partial charge in [-0.05, 0) is 42.7 Å². The zero-order valence-electron chi connectivity index (χ0n) is 10.2. The summed E-state index contributed by atoms with van der Waals surface area (Å²) in [6.45, 7) is 3.97. The normalized spacial score (nSPS) is 10.8. The summed E-state index contributed by atoms with van der Waals surface area (Å²) >= 11 is 11.1. The van der Waals surface area contributed by atoms with Gasteiger partial charge in [-0.3, -0.25) is 0 Å². The molecule has 1 nitrogen and oxygen atoms in total. The smallest absolute Gasteiger partial charge is 0.0931 e. The van der Waals surface area contributed by atoms with Crippen LogP contribution in [0.3, 0.4) is 0 Å². The van der Waals surface area contributed by atoms with Gasteiger partial charge in [-0.25, -0.2) is 0 Å². The molecule has 0 spiro atoms. The molecule has 1 heterocycles. The van der Waals surface area contributed by atoms with Crippen molar-refractivity contribution in [2.45, 2.75) is 19.9 Å². The minimum Gasteiger partial charge on any atom is -0.312 e. The number of nitrogens with one attached hydrogen (secondary N) is 1. The first-order valence-electron chi connectivity index (χ1n) is 5.85. The van der Waals surface area contributed by atoms with Gasteiger partial charge in [0, 0.05) is 22.4 Å². The first kappa shape index (κ1) is 14.1. The van der Waals surface area contributed by atoms with Crippen LogP contribution >= 0.6 is 38.9 Å². The van der Waals surface area contributed by atoms with E-state index >= 15 is 0 Å². The predicted octanol–water partition coefficient (Wildman–Crippen LogP) is 4.80. The first-order valence-corrected chi connectivity index (χ1v) is 7.84. The zero-order valence-corrected chi connectivity index (χ0v) is 13.3. The average molecular weight is 345 g/mol. The van der Waals surface area contributed by atoms with Gasteiger partial charge in [0.05, 0.1) is 4.34 Å². The summed E-state index contributed by atoms with van der Waals surface area (Å²) in [5, 5.41) is 3.45. The summed E-state index contributed by atoms with van der Waals surface area (Å²) in [7, 11) is 0. The van der Waals surface area contributed by atoms with Crippen LogP contribution < -0.4 is 5.32 Å². The maximum atomic E-state index is 5.89. The lowest BCUT2D eigenvalue weighted by Crippen LogP contribution is -2.16. The Hall–Kier alpha value is -0.350. The summed E-state index contributed by atoms with van der Waals surface area (Å²) in [5.41, 5.74) is 2.57. The Morgan fingerprint density at radius 1 is 1.28 bits per heavy atom. The number of benzene rings is 1. The molecule has 0 bridgehead atoms. The number of aryl methyl sites for hydroxylation is 1. The monoisotopic (exact) mass is 343 g/mol. The van der Waals surface area contributed by atoms with E-state index in [1.165, 1.54) is 20.5 Å². The Morgan fingerprint density at radius 2 is 2.11 bits per heavy atom. The second kappa shape index (κ2) is 6.71. The molecule has 0 amide bonds. The fourth-order valence-corrected chi connectivity index (χ4v) is 3.19. The third-order valence-corrected chi connectivity index (χ3v) is 4.89. The average Bonchev–Trinajstić information content (AvgIpc) is 2.75. The number of halogens is 2. The second-order valence-corrected chi connectivity index (χ2v) is 6.87. The first-order chi connectivity index (χ1) is 8.65. The van der Waals surface area contributed by atoms with E-state index < -0.39 is 0 Å². The highest BCUT2D eigenvalue weighted by atomic mass is 79.9. The van der Waals surface area contributed by atoms with Gasteiger partial charge >= 0.3 is 0 Å². The van der Waals surface area contributed by atoms with E-state index in [1.807, 2.05) is 6.07 Å². The zero-order chi connectivity index (χ0) is 13.0. The summed E-state index contributed by atoms with van der Waals surface area (Å²) < 4.78 is 2.04. The van der Waals surface area contributed by atoms with Crippen molar-refractivity contribution in [1.82, 2.24) is 5.32 Å². The summed E-state index contributed by atoms with van der Waals surface area (Å²) in [4.78, 5) is 1.33. The lowest BCUT2D eigenvalue weighted by atomic mass is 10.1. The Balaban J connectivity index is 1.76. The maximum Gasteiger partial charge on any atom is 0.0931 e. The van der Waals surface area contributed by atoms with Gasteiger partial charge in [-0.15, -0.1) is 11.3 Å². The quantitative estimate of drug-likeness (QED) is 0.768. The van der Waals surface area contributed by atoms with Crippen LogP contribution in [0.5, 0.6) is 0 Å². The molecule has 0 radical (unpaired) electrons. The second-order valence-electron chi connectivity index (χ2n) is 4.22. The van der Waals surface area contributed by atoms with Gasteiger partial charge in [-0.2, -0.15) is 0 Å². The summed E-state index contributed by atoms with van der Waals surface area (Å²) in [6.07, 6.45) is 1.03. The van der Waals surface area contributed by atoms with E-state index in [-0.39, 0.29) is 0 Å². The van der Waals surface area contributed by atoms with E-state index in [4.69, 9.17) is 11.6 Å². The molecule has 0 fully saturated rings. The molecule has 2 rings (SSSR count). The van der Waals surface area contributed by atoms with E-state index in [0.29, 0.717) is 0 Å². The molecule has 4 heteroatoms. The van der Waals surface area contributed by atoms with Gasteiger partial charge in [0.15, 0.2) is 0 Å². The fraction of sp³-hybridized carbons (Fsp3) is 0.286. The molecule has 0 aliphatic rings. The summed E-state index contributed by atoms with van der Waals surface area (Å²) in [5.74, 6) is 0. The number of hydrogen-bond acceptors (Lipinski definition) is 2. The van der Waals surface area contributed by atoms with E-state index in [1.54, 1.807) is 11.3 Å². The maximum absolute atomic E-state index is 5.89. The molecule has 18 heavy (non-hydrogen) atoms. The van der Waals surface area contributed by atoms with Crippen molar-refractivity contribution in [3.8, 4) is 0 Å². The van der Waals surface area contributed by atoms with Crippen LogP contribution in [0, 0.1) is 6.92 Å². The van der Waals surface area contributed by atoms with Gasteiger partial charge in [-0.1, -0.05) is 39.7 Å². The fourth-order valence-electron chi connectivity index (χ4n) is 1.68. The minimum atomic E-state index is 0.868. The Morgan fingerprint density at radius 3 is 2.78 bits per heavy atom. The van der Waals surface area contributed by atoms with E-state index in [2.05, 4.69) is 52.4 Å². The summed E-state index contributed by atoms with van der Waals surface area (Å²) in [6, 6.07) is 10.5.